The van der Waals surface area contributed by atoms with Gasteiger partial charge in [-0.15, -0.1) is 0 Å². The van der Waals surface area contributed by atoms with Gasteiger partial charge in [-0.25, -0.2) is 0 Å². The molecule has 0 spiro atoms. The van der Waals surface area contributed by atoms with Crippen LogP contribution in [0.25, 0.3) is 0 Å². The van der Waals surface area contributed by atoms with E-state index in [4.69, 9.17) is 20.7 Å². The number of nitrogens with two attached hydrogens (primary N) is 1. The highest BCUT2D eigenvalue weighted by Crippen LogP contribution is 2.15. The van der Waals surface area contributed by atoms with E-state index in [0.29, 0.717) is 6.42 Å². The van der Waals surface area contributed by atoms with Gasteiger partial charge in [0.05, 0.1) is 18.8 Å². The summed E-state index contributed by atoms with van der Waals surface area (Å²) >= 11 is 0. The Balaban J connectivity index is 2.35. The summed E-state index contributed by atoms with van der Waals surface area (Å²) in [6.45, 7) is -0.0647. The molecule has 0 aromatic rings. The summed E-state index contributed by atoms with van der Waals surface area (Å²) in [5, 5.41) is 17.4. The monoisotopic (exact) mass is 133 g/mol. The van der Waals surface area contributed by atoms with Gasteiger partial charge in [0.1, 0.15) is 0 Å². The van der Waals surface area contributed by atoms with E-state index in [-0.39, 0.29) is 18.8 Å². The number of aliphatic hydroxyl groups is 2. The fourth-order valence-corrected chi connectivity index (χ4v) is 0.891. The second kappa shape index (κ2) is 2.62. The molecular formula is C5H11NO3. The minimum absolute atomic E-state index is 0.0647. The quantitative estimate of drug-likeness (QED) is 0.403. The van der Waals surface area contributed by atoms with E-state index in [9.17, 15) is 0 Å². The molecule has 0 amide bonds. The van der Waals surface area contributed by atoms with Crippen molar-refractivity contribution >= 4 is 0 Å². The summed E-state index contributed by atoms with van der Waals surface area (Å²) in [6, 6.07) is -0.331. The van der Waals surface area contributed by atoms with Crippen LogP contribution < -0.4 is 5.73 Å². The highest BCUT2D eigenvalue weighted by molar-refractivity contribution is 4.77. The number of hydrogen-bond acceptors (Lipinski definition) is 4. The van der Waals surface area contributed by atoms with Crippen molar-refractivity contribution in [3.05, 3.63) is 0 Å². The van der Waals surface area contributed by atoms with Crippen molar-refractivity contribution in [2.24, 2.45) is 5.73 Å². The predicted molar refractivity (Wildman–Crippen MR) is 30.6 cm³/mol. The normalized spacial score (nSPS) is 43.7. The van der Waals surface area contributed by atoms with Crippen LogP contribution in [0.15, 0.2) is 0 Å². The first kappa shape index (κ1) is 6.95. The first-order chi connectivity index (χ1) is 4.24. The molecule has 0 radical (unpaired) electrons. The Morgan fingerprint density at radius 2 is 2.33 bits per heavy atom. The smallest absolute Gasteiger partial charge is 0.170 e. The molecule has 0 aliphatic carbocycles. The fourth-order valence-electron chi connectivity index (χ4n) is 0.891. The van der Waals surface area contributed by atoms with E-state index >= 15 is 0 Å². The van der Waals surface area contributed by atoms with Gasteiger partial charge in [-0.3, -0.25) is 0 Å². The van der Waals surface area contributed by atoms with Crippen molar-refractivity contribution in [3.8, 4) is 0 Å². The van der Waals surface area contributed by atoms with Crippen LogP contribution in [0.5, 0.6) is 0 Å². The lowest BCUT2D eigenvalue weighted by Gasteiger charge is -2.05. The highest BCUT2D eigenvalue weighted by Gasteiger charge is 2.30. The lowest BCUT2D eigenvalue weighted by molar-refractivity contribution is -0.106. The second-order valence-corrected chi connectivity index (χ2v) is 2.23. The van der Waals surface area contributed by atoms with Crippen LogP contribution in [-0.4, -0.2) is 35.3 Å². The van der Waals surface area contributed by atoms with Crippen molar-refractivity contribution in [2.45, 2.75) is 24.9 Å². The molecular weight excluding hydrogens is 122 g/mol. The summed E-state index contributed by atoms with van der Waals surface area (Å²) in [7, 11) is 0. The van der Waals surface area contributed by atoms with Gasteiger partial charge in [-0.05, 0) is 6.42 Å². The Kier molecular flexibility index (Phi) is 2.02. The van der Waals surface area contributed by atoms with Crippen molar-refractivity contribution < 1.29 is 14.9 Å². The van der Waals surface area contributed by atoms with Crippen LogP contribution in [0, 0.1) is 0 Å². The molecule has 0 saturated carbocycles. The average Bonchev–Trinajstić information content (AvgIpc) is 2.13. The van der Waals surface area contributed by atoms with Crippen molar-refractivity contribution in [1.82, 2.24) is 0 Å². The standard InChI is InChI=1S/C5H11NO3/c6-4-1-3(2-7)9-5(4)8/h3-5,7-8H,1-2,6H2/t3-,4+,5+/m0/s1. The molecule has 9 heavy (non-hydrogen) atoms. The zero-order valence-corrected chi connectivity index (χ0v) is 5.03. The van der Waals surface area contributed by atoms with E-state index in [1.807, 2.05) is 0 Å². The summed E-state index contributed by atoms with van der Waals surface area (Å²) in [6.07, 6.45) is -0.616. The Morgan fingerprint density at radius 1 is 1.67 bits per heavy atom. The van der Waals surface area contributed by atoms with Gasteiger partial charge in [0.15, 0.2) is 6.29 Å². The third-order valence-electron chi connectivity index (χ3n) is 1.44. The summed E-state index contributed by atoms with van der Waals surface area (Å²) in [5.41, 5.74) is 5.36. The molecule has 1 aliphatic heterocycles. The van der Waals surface area contributed by atoms with Crippen molar-refractivity contribution in [1.29, 1.82) is 0 Å². The number of rotatable bonds is 1. The van der Waals surface area contributed by atoms with Gasteiger partial charge >= 0.3 is 0 Å². The Labute approximate surface area is 53.2 Å². The van der Waals surface area contributed by atoms with Crippen LogP contribution in [0.1, 0.15) is 6.42 Å². The lowest BCUT2D eigenvalue weighted by atomic mass is 10.2. The molecule has 1 heterocycles. The first-order valence-corrected chi connectivity index (χ1v) is 2.94. The minimum atomic E-state index is -0.887. The zero-order chi connectivity index (χ0) is 6.85. The van der Waals surface area contributed by atoms with Crippen molar-refractivity contribution in [2.75, 3.05) is 6.61 Å². The van der Waals surface area contributed by atoms with Crippen LogP contribution in [0.3, 0.4) is 0 Å². The SMILES string of the molecule is N[C@@H]1C[C@@H](CO)O[C@H]1O. The molecule has 3 atom stereocenters. The number of hydrogen-bond donors (Lipinski definition) is 3. The van der Waals surface area contributed by atoms with Gasteiger partial charge in [0.25, 0.3) is 0 Å². The van der Waals surface area contributed by atoms with Gasteiger partial charge in [0, 0.05) is 0 Å². The number of ether oxygens (including phenoxy) is 1. The molecule has 0 aromatic carbocycles. The average molecular weight is 133 g/mol. The lowest BCUT2D eigenvalue weighted by Crippen LogP contribution is -2.29. The molecule has 54 valence electrons. The topological polar surface area (TPSA) is 75.7 Å². The summed E-state index contributed by atoms with van der Waals surface area (Å²) in [5.74, 6) is 0. The molecule has 0 bridgehead atoms. The van der Waals surface area contributed by atoms with Crippen molar-refractivity contribution in [3.63, 3.8) is 0 Å². The number of aliphatic hydroxyl groups excluding tert-OH is 2. The van der Waals surface area contributed by atoms with Gasteiger partial charge < -0.3 is 20.7 Å². The Morgan fingerprint density at radius 3 is 2.56 bits per heavy atom. The molecule has 1 saturated heterocycles. The molecule has 1 rings (SSSR count). The second-order valence-electron chi connectivity index (χ2n) is 2.23. The maximum absolute atomic E-state index is 8.84. The van der Waals surface area contributed by atoms with E-state index in [1.54, 1.807) is 0 Å². The molecule has 1 fully saturated rings. The highest BCUT2D eigenvalue weighted by atomic mass is 16.6. The first-order valence-electron chi connectivity index (χ1n) is 2.94. The predicted octanol–water partition coefficient (Wildman–Crippen LogP) is -1.59. The van der Waals surface area contributed by atoms with E-state index in [2.05, 4.69) is 0 Å². The van der Waals surface area contributed by atoms with Crippen LogP contribution in [0.2, 0.25) is 0 Å². The maximum Gasteiger partial charge on any atom is 0.170 e. The molecule has 0 unspecified atom stereocenters. The molecule has 0 aromatic heterocycles. The molecule has 1 aliphatic rings. The fraction of sp³-hybridized carbons (Fsp3) is 1.00. The van der Waals surface area contributed by atoms with Crippen LogP contribution in [0.4, 0.5) is 0 Å². The van der Waals surface area contributed by atoms with Gasteiger partial charge in [-0.1, -0.05) is 0 Å². The largest absolute Gasteiger partial charge is 0.394 e. The zero-order valence-electron chi connectivity index (χ0n) is 5.03. The van der Waals surface area contributed by atoms with E-state index in [1.165, 1.54) is 0 Å². The van der Waals surface area contributed by atoms with E-state index < -0.39 is 6.29 Å². The third kappa shape index (κ3) is 1.40. The molecule has 4 heteroatoms. The Hall–Kier alpha value is -0.160. The van der Waals surface area contributed by atoms with Gasteiger partial charge in [-0.2, -0.15) is 0 Å². The maximum atomic E-state index is 8.84. The summed E-state index contributed by atoms with van der Waals surface area (Å²) in [4.78, 5) is 0. The Bertz CT molecular complexity index is 88.2. The minimum Gasteiger partial charge on any atom is -0.394 e. The third-order valence-corrected chi connectivity index (χ3v) is 1.44. The van der Waals surface area contributed by atoms with Crippen LogP contribution in [-0.2, 0) is 4.74 Å². The summed E-state index contributed by atoms with van der Waals surface area (Å²) < 4.78 is 4.80. The van der Waals surface area contributed by atoms with Gasteiger partial charge in [0.2, 0.25) is 0 Å². The van der Waals surface area contributed by atoms with E-state index in [0.717, 1.165) is 0 Å². The van der Waals surface area contributed by atoms with Crippen LogP contribution >= 0.6 is 0 Å². The molecule has 4 N–H and O–H groups in total. The molecule has 4 nitrogen and oxygen atoms in total.